The Morgan fingerprint density at radius 3 is 2.41 bits per heavy atom. The van der Waals surface area contributed by atoms with Crippen molar-refractivity contribution in [1.82, 2.24) is 16.0 Å². The number of carbonyl (C=O) groups is 3. The van der Waals surface area contributed by atoms with E-state index in [4.69, 9.17) is 14.5 Å². The smallest absolute Gasteiger partial charge is 0.310 e. The quantitative estimate of drug-likeness (QED) is 0.209. The van der Waals surface area contributed by atoms with E-state index >= 15 is 0 Å². The second-order valence-corrected chi connectivity index (χ2v) is 8.49. The van der Waals surface area contributed by atoms with Gasteiger partial charge >= 0.3 is 5.97 Å². The van der Waals surface area contributed by atoms with Gasteiger partial charge < -0.3 is 14.6 Å². The van der Waals surface area contributed by atoms with Crippen LogP contribution in [-0.4, -0.2) is 40.3 Å². The molecule has 1 heterocycles. The molecule has 0 aliphatic rings. The van der Waals surface area contributed by atoms with Crippen molar-refractivity contribution >= 4 is 17.8 Å². The minimum absolute atomic E-state index is 0.177. The molecule has 0 atom stereocenters. The number of nitrogens with one attached hydrogen (secondary N) is 2. The summed E-state index contributed by atoms with van der Waals surface area (Å²) in [7, 11) is 0. The van der Waals surface area contributed by atoms with E-state index in [1.807, 2.05) is 32.9 Å². The lowest BCUT2D eigenvalue weighted by molar-refractivity contribution is -0.153. The molecule has 0 saturated carbocycles. The Bertz CT molecular complexity index is 899. The summed E-state index contributed by atoms with van der Waals surface area (Å²) in [5.74, 6) is -0.542. The van der Waals surface area contributed by atoms with Gasteiger partial charge in [0.05, 0.1) is 6.42 Å². The number of ether oxygens (including phenoxy) is 1. The predicted octanol–water partition coefficient (Wildman–Crippen LogP) is 3.41. The molecule has 0 aliphatic carbocycles. The molecule has 0 radical (unpaired) electrons. The minimum atomic E-state index is -0.522. The molecule has 0 unspecified atom stereocenters. The first-order chi connectivity index (χ1) is 15.2. The van der Waals surface area contributed by atoms with Crippen molar-refractivity contribution in [2.45, 2.75) is 64.9 Å². The molecule has 0 fully saturated rings. The molecule has 0 aliphatic heterocycles. The molecular formula is C23H31N3O6. The van der Waals surface area contributed by atoms with Gasteiger partial charge in [-0.1, -0.05) is 42.3 Å². The van der Waals surface area contributed by atoms with E-state index in [1.54, 1.807) is 23.7 Å². The summed E-state index contributed by atoms with van der Waals surface area (Å²) < 4.78 is 10.6. The van der Waals surface area contributed by atoms with Gasteiger partial charge in [-0.05, 0) is 39.2 Å². The number of amides is 2. The Morgan fingerprint density at radius 2 is 1.75 bits per heavy atom. The Kier molecular flexibility index (Phi) is 9.39. The number of benzene rings is 1. The fourth-order valence-corrected chi connectivity index (χ4v) is 2.96. The maximum absolute atomic E-state index is 12.2. The number of hydroxylamine groups is 1. The summed E-state index contributed by atoms with van der Waals surface area (Å²) in [6.07, 6.45) is 3.61. The van der Waals surface area contributed by atoms with Crippen LogP contribution in [0.15, 0.2) is 34.9 Å². The minimum Gasteiger partial charge on any atom is -0.460 e. The zero-order valence-electron chi connectivity index (χ0n) is 18.8. The summed E-state index contributed by atoms with van der Waals surface area (Å²) in [4.78, 5) is 35.1. The third kappa shape index (κ3) is 8.89. The monoisotopic (exact) mass is 445 g/mol. The van der Waals surface area contributed by atoms with Crippen molar-refractivity contribution in [1.29, 1.82) is 0 Å². The number of carbonyl (C=O) groups excluding carboxylic acids is 3. The number of unbranched alkanes of at least 4 members (excludes halogenated alkanes) is 3. The fraction of sp³-hybridized carbons (Fsp3) is 0.478. The lowest BCUT2D eigenvalue weighted by atomic mass is 10.1. The lowest BCUT2D eigenvalue weighted by Crippen LogP contribution is -2.24. The van der Waals surface area contributed by atoms with Gasteiger partial charge in [0.2, 0.25) is 5.91 Å². The first-order valence-corrected chi connectivity index (χ1v) is 10.7. The van der Waals surface area contributed by atoms with Crippen LogP contribution in [0.3, 0.4) is 0 Å². The lowest BCUT2D eigenvalue weighted by Gasteiger charge is -2.19. The van der Waals surface area contributed by atoms with E-state index in [9.17, 15) is 14.4 Å². The highest BCUT2D eigenvalue weighted by molar-refractivity contribution is 5.93. The number of nitrogens with zero attached hydrogens (tertiary/aromatic N) is 1. The molecular weight excluding hydrogens is 414 g/mol. The van der Waals surface area contributed by atoms with Gasteiger partial charge in [0.15, 0.2) is 11.5 Å². The molecule has 0 spiro atoms. The molecule has 174 valence electrons. The van der Waals surface area contributed by atoms with Crippen LogP contribution in [0.2, 0.25) is 0 Å². The van der Waals surface area contributed by atoms with Gasteiger partial charge in [0, 0.05) is 24.6 Å². The second-order valence-electron chi connectivity index (χ2n) is 8.49. The first kappa shape index (κ1) is 25.1. The number of hydrogen-bond acceptors (Lipinski definition) is 7. The normalized spacial score (nSPS) is 11.1. The molecule has 1 aromatic carbocycles. The summed E-state index contributed by atoms with van der Waals surface area (Å²) in [5.41, 5.74) is 2.84. The third-order valence-corrected chi connectivity index (χ3v) is 4.49. The summed E-state index contributed by atoms with van der Waals surface area (Å²) in [6.45, 7) is 5.97. The summed E-state index contributed by atoms with van der Waals surface area (Å²) in [5, 5.41) is 15.0. The van der Waals surface area contributed by atoms with Crippen molar-refractivity contribution < 1.29 is 28.9 Å². The number of hydrogen-bond donors (Lipinski definition) is 3. The van der Waals surface area contributed by atoms with Gasteiger partial charge in [-0.15, -0.1) is 0 Å². The van der Waals surface area contributed by atoms with Crippen molar-refractivity contribution in [3.63, 3.8) is 0 Å². The highest BCUT2D eigenvalue weighted by atomic mass is 16.6. The maximum atomic E-state index is 12.2. The molecule has 2 aromatic rings. The first-order valence-electron chi connectivity index (χ1n) is 10.7. The van der Waals surface area contributed by atoms with Crippen molar-refractivity contribution in [2.24, 2.45) is 0 Å². The Morgan fingerprint density at radius 1 is 1.06 bits per heavy atom. The zero-order chi connectivity index (χ0) is 23.6. The Labute approximate surface area is 187 Å². The van der Waals surface area contributed by atoms with E-state index in [2.05, 4.69) is 10.5 Å². The van der Waals surface area contributed by atoms with Crippen LogP contribution in [0.1, 0.15) is 68.9 Å². The van der Waals surface area contributed by atoms with Crippen molar-refractivity contribution in [3.8, 4) is 11.3 Å². The molecule has 0 bridgehead atoms. The zero-order valence-corrected chi connectivity index (χ0v) is 18.8. The van der Waals surface area contributed by atoms with Crippen LogP contribution >= 0.6 is 0 Å². The van der Waals surface area contributed by atoms with Gasteiger partial charge in [-0.3, -0.25) is 19.6 Å². The summed E-state index contributed by atoms with van der Waals surface area (Å²) >= 11 is 0. The van der Waals surface area contributed by atoms with Crippen LogP contribution in [-0.2, 0) is 20.7 Å². The maximum Gasteiger partial charge on any atom is 0.310 e. The molecule has 1 aromatic heterocycles. The fourth-order valence-electron chi connectivity index (χ4n) is 2.96. The van der Waals surface area contributed by atoms with Gasteiger partial charge in [-0.25, -0.2) is 5.48 Å². The van der Waals surface area contributed by atoms with Crippen LogP contribution < -0.4 is 10.8 Å². The predicted molar refractivity (Wildman–Crippen MR) is 117 cm³/mol. The Balaban J connectivity index is 1.77. The van der Waals surface area contributed by atoms with Crippen LogP contribution in [0.4, 0.5) is 0 Å². The highest BCUT2D eigenvalue weighted by Gasteiger charge is 2.17. The van der Waals surface area contributed by atoms with Gasteiger partial charge in [0.25, 0.3) is 5.91 Å². The number of esters is 1. The van der Waals surface area contributed by atoms with E-state index in [-0.39, 0.29) is 30.4 Å². The third-order valence-electron chi connectivity index (χ3n) is 4.49. The molecule has 2 rings (SSSR count). The van der Waals surface area contributed by atoms with Gasteiger partial charge in [0.1, 0.15) is 5.60 Å². The number of rotatable bonds is 11. The van der Waals surface area contributed by atoms with E-state index in [0.717, 1.165) is 30.4 Å². The standard InChI is InChI=1S/C23H31N3O6/c1-23(2,3)31-21(28)14-16-9-11-17(12-10-16)19-15-18(26-32-19)22(29)24-13-7-5-4-6-8-20(27)25-30/h9-12,15,30H,4-8,13-14H2,1-3H3,(H,24,29)(H,25,27). The largest absolute Gasteiger partial charge is 0.460 e. The molecule has 0 saturated heterocycles. The van der Waals surface area contributed by atoms with Crippen LogP contribution in [0.25, 0.3) is 11.3 Å². The molecule has 9 heteroatoms. The summed E-state index contributed by atoms with van der Waals surface area (Å²) in [6, 6.07) is 8.81. The highest BCUT2D eigenvalue weighted by Crippen LogP contribution is 2.21. The van der Waals surface area contributed by atoms with Crippen LogP contribution in [0.5, 0.6) is 0 Å². The topological polar surface area (TPSA) is 131 Å². The molecule has 32 heavy (non-hydrogen) atoms. The second kappa shape index (κ2) is 12.0. The van der Waals surface area contributed by atoms with E-state index in [1.165, 1.54) is 0 Å². The van der Waals surface area contributed by atoms with Crippen molar-refractivity contribution in [2.75, 3.05) is 6.54 Å². The Hall–Kier alpha value is -3.20. The SMILES string of the molecule is CC(C)(C)OC(=O)Cc1ccc(-c2cc(C(=O)NCCCCCCC(=O)NO)no2)cc1. The average Bonchev–Trinajstić information content (AvgIpc) is 3.22. The van der Waals surface area contributed by atoms with Crippen molar-refractivity contribution in [3.05, 3.63) is 41.6 Å². The molecule has 9 nitrogen and oxygen atoms in total. The van der Waals surface area contributed by atoms with E-state index < -0.39 is 11.5 Å². The molecule has 3 N–H and O–H groups in total. The molecule has 2 amide bonds. The number of aromatic nitrogens is 1. The van der Waals surface area contributed by atoms with Crippen LogP contribution in [0, 0.1) is 0 Å². The van der Waals surface area contributed by atoms with Gasteiger partial charge in [-0.2, -0.15) is 0 Å². The van der Waals surface area contributed by atoms with E-state index in [0.29, 0.717) is 18.7 Å². The average molecular weight is 446 g/mol.